The summed E-state index contributed by atoms with van der Waals surface area (Å²) < 4.78 is 0. The summed E-state index contributed by atoms with van der Waals surface area (Å²) in [6.07, 6.45) is 11.1. The van der Waals surface area contributed by atoms with Crippen molar-refractivity contribution in [2.45, 2.75) is 57.4 Å². The molecule has 0 spiro atoms. The molecule has 1 saturated carbocycles. The predicted octanol–water partition coefficient (Wildman–Crippen LogP) is 4.23. The first kappa shape index (κ1) is 12.2. The van der Waals surface area contributed by atoms with E-state index in [4.69, 9.17) is 0 Å². The zero-order valence-electron chi connectivity index (χ0n) is 11.3. The van der Waals surface area contributed by atoms with Gasteiger partial charge in [-0.1, -0.05) is 43.5 Å². The number of aryl methyl sites for hydroxylation is 1. The zero-order chi connectivity index (χ0) is 12.2. The van der Waals surface area contributed by atoms with Crippen LogP contribution in [-0.4, -0.2) is 6.54 Å². The highest BCUT2D eigenvalue weighted by Crippen LogP contribution is 2.33. The summed E-state index contributed by atoms with van der Waals surface area (Å²) in [5, 5.41) is 3.80. The minimum absolute atomic E-state index is 0.614. The van der Waals surface area contributed by atoms with Crippen molar-refractivity contribution in [3.05, 3.63) is 35.4 Å². The maximum atomic E-state index is 3.80. The van der Waals surface area contributed by atoms with Gasteiger partial charge in [-0.3, -0.25) is 0 Å². The van der Waals surface area contributed by atoms with Crippen molar-refractivity contribution in [2.24, 2.45) is 5.92 Å². The quantitative estimate of drug-likeness (QED) is 0.602. The maximum absolute atomic E-state index is 3.80. The average Bonchev–Trinajstić information content (AvgIpc) is 3.22. The highest BCUT2D eigenvalue weighted by atomic mass is 14.9. The smallest absolute Gasteiger partial charge is 0.0322 e. The maximum Gasteiger partial charge on any atom is 0.0322 e. The fourth-order valence-electron chi connectivity index (χ4n) is 3.21. The van der Waals surface area contributed by atoms with Crippen LogP contribution in [0.3, 0.4) is 0 Å². The molecule has 1 N–H and O–H groups in total. The van der Waals surface area contributed by atoms with Gasteiger partial charge in [0.25, 0.3) is 0 Å². The molecule has 0 amide bonds. The number of benzene rings is 1. The molecule has 1 aromatic carbocycles. The van der Waals surface area contributed by atoms with E-state index in [0.29, 0.717) is 6.04 Å². The highest BCUT2D eigenvalue weighted by molar-refractivity contribution is 5.31. The Kier molecular flexibility index (Phi) is 3.99. The lowest BCUT2D eigenvalue weighted by molar-refractivity contribution is 0.473. The molecule has 1 unspecified atom stereocenters. The summed E-state index contributed by atoms with van der Waals surface area (Å²) in [5.41, 5.74) is 3.15. The number of hydrogen-bond donors (Lipinski definition) is 1. The van der Waals surface area contributed by atoms with Crippen molar-refractivity contribution in [1.29, 1.82) is 0 Å². The van der Waals surface area contributed by atoms with E-state index in [1.165, 1.54) is 57.9 Å². The van der Waals surface area contributed by atoms with Crippen LogP contribution in [0.15, 0.2) is 24.3 Å². The van der Waals surface area contributed by atoms with E-state index in [9.17, 15) is 0 Å². The number of rotatable bonds is 5. The van der Waals surface area contributed by atoms with Gasteiger partial charge in [-0.2, -0.15) is 0 Å². The van der Waals surface area contributed by atoms with E-state index >= 15 is 0 Å². The first-order valence-corrected chi connectivity index (χ1v) is 7.74. The van der Waals surface area contributed by atoms with Crippen LogP contribution in [0.1, 0.15) is 62.1 Å². The first-order valence-electron chi connectivity index (χ1n) is 7.74. The minimum Gasteiger partial charge on any atom is -0.310 e. The molecule has 2 aliphatic rings. The van der Waals surface area contributed by atoms with Gasteiger partial charge in [-0.15, -0.1) is 0 Å². The number of fused-ring (bicyclic) bond motifs is 1. The molecular weight excluding hydrogens is 218 g/mol. The molecule has 1 heteroatoms. The van der Waals surface area contributed by atoms with Gasteiger partial charge < -0.3 is 5.32 Å². The van der Waals surface area contributed by atoms with Crippen LogP contribution >= 0.6 is 0 Å². The largest absolute Gasteiger partial charge is 0.310 e. The molecule has 1 atom stereocenters. The Hall–Kier alpha value is -0.820. The van der Waals surface area contributed by atoms with Crippen LogP contribution in [0, 0.1) is 5.92 Å². The van der Waals surface area contributed by atoms with E-state index in [-0.39, 0.29) is 0 Å². The van der Waals surface area contributed by atoms with Gasteiger partial charge in [-0.25, -0.2) is 0 Å². The fourth-order valence-corrected chi connectivity index (χ4v) is 3.21. The molecular formula is C17H25N. The lowest BCUT2D eigenvalue weighted by Crippen LogP contribution is -2.22. The minimum atomic E-state index is 0.614. The van der Waals surface area contributed by atoms with E-state index < -0.39 is 0 Å². The molecule has 0 bridgehead atoms. The zero-order valence-corrected chi connectivity index (χ0v) is 11.3. The summed E-state index contributed by atoms with van der Waals surface area (Å²) in [6, 6.07) is 9.65. The molecule has 1 aromatic rings. The van der Waals surface area contributed by atoms with E-state index in [1.54, 1.807) is 11.1 Å². The Morgan fingerprint density at radius 1 is 1.06 bits per heavy atom. The van der Waals surface area contributed by atoms with Crippen molar-refractivity contribution >= 4 is 0 Å². The van der Waals surface area contributed by atoms with Crippen LogP contribution in [0.25, 0.3) is 0 Å². The van der Waals surface area contributed by atoms with Crippen LogP contribution in [0.5, 0.6) is 0 Å². The molecule has 3 rings (SSSR count). The van der Waals surface area contributed by atoms with Crippen molar-refractivity contribution in [3.63, 3.8) is 0 Å². The summed E-state index contributed by atoms with van der Waals surface area (Å²) >= 11 is 0. The Morgan fingerprint density at radius 3 is 2.83 bits per heavy atom. The van der Waals surface area contributed by atoms with Crippen molar-refractivity contribution in [2.75, 3.05) is 6.54 Å². The number of nitrogens with one attached hydrogen (secondary N) is 1. The third-order valence-corrected chi connectivity index (χ3v) is 4.50. The molecule has 0 radical (unpaired) electrons. The highest BCUT2D eigenvalue weighted by Gasteiger charge is 2.21. The monoisotopic (exact) mass is 243 g/mol. The third-order valence-electron chi connectivity index (χ3n) is 4.50. The Morgan fingerprint density at radius 2 is 1.94 bits per heavy atom. The van der Waals surface area contributed by atoms with Crippen LogP contribution in [0.4, 0.5) is 0 Å². The van der Waals surface area contributed by atoms with Crippen LogP contribution in [-0.2, 0) is 6.42 Å². The lowest BCUT2D eigenvalue weighted by atomic mass is 9.99. The first-order chi connectivity index (χ1) is 8.93. The van der Waals surface area contributed by atoms with Gasteiger partial charge in [0.15, 0.2) is 0 Å². The second kappa shape index (κ2) is 5.88. The van der Waals surface area contributed by atoms with Crippen molar-refractivity contribution < 1.29 is 0 Å². The normalized spacial score (nSPS) is 23.4. The lowest BCUT2D eigenvalue weighted by Gasteiger charge is -2.19. The van der Waals surface area contributed by atoms with Gasteiger partial charge in [0.1, 0.15) is 0 Å². The van der Waals surface area contributed by atoms with E-state index in [0.717, 1.165) is 5.92 Å². The van der Waals surface area contributed by atoms with Crippen molar-refractivity contribution in [1.82, 2.24) is 5.32 Å². The molecule has 18 heavy (non-hydrogen) atoms. The molecule has 1 fully saturated rings. The topological polar surface area (TPSA) is 12.0 Å². The molecule has 98 valence electrons. The van der Waals surface area contributed by atoms with Gasteiger partial charge in [0.2, 0.25) is 0 Å². The SMILES string of the molecule is c1ccc2c(c1)CCCCC2NCCCC1CC1. The van der Waals surface area contributed by atoms with Crippen molar-refractivity contribution in [3.8, 4) is 0 Å². The second-order valence-electron chi connectivity index (χ2n) is 6.04. The third kappa shape index (κ3) is 3.14. The van der Waals surface area contributed by atoms with Crippen LogP contribution < -0.4 is 5.32 Å². The van der Waals surface area contributed by atoms with Gasteiger partial charge in [0.05, 0.1) is 0 Å². The summed E-state index contributed by atoms with van der Waals surface area (Å²) in [7, 11) is 0. The molecule has 2 aliphatic carbocycles. The molecule has 0 aliphatic heterocycles. The number of hydrogen-bond acceptors (Lipinski definition) is 1. The molecule has 1 nitrogen and oxygen atoms in total. The van der Waals surface area contributed by atoms with E-state index in [1.807, 2.05) is 0 Å². The Labute approximate surface area is 111 Å². The fraction of sp³-hybridized carbons (Fsp3) is 0.647. The average molecular weight is 243 g/mol. The Balaban J connectivity index is 1.56. The predicted molar refractivity (Wildman–Crippen MR) is 76.7 cm³/mol. The molecule has 0 aromatic heterocycles. The van der Waals surface area contributed by atoms with Gasteiger partial charge in [0, 0.05) is 6.04 Å². The second-order valence-corrected chi connectivity index (χ2v) is 6.04. The summed E-state index contributed by atoms with van der Waals surface area (Å²) in [5.74, 6) is 1.08. The Bertz CT molecular complexity index is 381. The van der Waals surface area contributed by atoms with Gasteiger partial charge in [-0.05, 0) is 55.7 Å². The van der Waals surface area contributed by atoms with E-state index in [2.05, 4.69) is 29.6 Å². The summed E-state index contributed by atoms with van der Waals surface area (Å²) in [4.78, 5) is 0. The summed E-state index contributed by atoms with van der Waals surface area (Å²) in [6.45, 7) is 1.20. The molecule has 0 saturated heterocycles. The standard InChI is InChI=1S/C17H25N/c1-3-9-16-15(7-1)8-2-4-10-17(16)18-13-5-6-14-11-12-14/h1,3,7,9,14,17-18H,2,4-6,8,10-13H2. The van der Waals surface area contributed by atoms with Crippen LogP contribution in [0.2, 0.25) is 0 Å². The molecule has 0 heterocycles. The van der Waals surface area contributed by atoms with Gasteiger partial charge >= 0.3 is 0 Å².